The predicted octanol–water partition coefficient (Wildman–Crippen LogP) is 5.08. The zero-order valence-electron chi connectivity index (χ0n) is 13.7. The maximum atomic E-state index is 12.3. The van der Waals surface area contributed by atoms with Crippen LogP contribution in [0, 0.1) is 0 Å². The Labute approximate surface area is 153 Å². The van der Waals surface area contributed by atoms with Crippen LogP contribution in [0.4, 0.5) is 18.9 Å². The van der Waals surface area contributed by atoms with Gasteiger partial charge in [-0.05, 0) is 30.7 Å². The van der Waals surface area contributed by atoms with Crippen molar-refractivity contribution in [2.75, 3.05) is 18.5 Å². The van der Waals surface area contributed by atoms with Crippen molar-refractivity contribution in [2.24, 2.45) is 0 Å². The van der Waals surface area contributed by atoms with Crippen molar-refractivity contribution in [3.8, 4) is 11.5 Å². The number of halogens is 4. The largest absolute Gasteiger partial charge is 0.492 e. The second-order valence-electron chi connectivity index (χ2n) is 5.33. The molecule has 4 nitrogen and oxygen atoms in total. The van der Waals surface area contributed by atoms with Gasteiger partial charge in [0.15, 0.2) is 6.61 Å². The Morgan fingerprint density at radius 3 is 2.35 bits per heavy atom. The minimum Gasteiger partial charge on any atom is -0.492 e. The molecule has 0 fully saturated rings. The van der Waals surface area contributed by atoms with E-state index in [9.17, 15) is 18.0 Å². The third-order valence-electron chi connectivity index (χ3n) is 3.19. The number of anilines is 1. The number of amides is 1. The topological polar surface area (TPSA) is 47.6 Å². The number of hydrogen-bond donors (Lipinski definition) is 1. The van der Waals surface area contributed by atoms with Crippen molar-refractivity contribution in [1.29, 1.82) is 0 Å². The molecule has 0 heterocycles. The van der Waals surface area contributed by atoms with Gasteiger partial charge in [0.25, 0.3) is 0 Å². The summed E-state index contributed by atoms with van der Waals surface area (Å²) in [7, 11) is 0. The minimum absolute atomic E-state index is 0.0366. The first-order chi connectivity index (χ1) is 12.3. The quantitative estimate of drug-likeness (QED) is 0.643. The fourth-order valence-corrected chi connectivity index (χ4v) is 2.23. The Morgan fingerprint density at radius 2 is 1.65 bits per heavy atom. The zero-order valence-corrected chi connectivity index (χ0v) is 14.4. The molecule has 2 aromatic rings. The van der Waals surface area contributed by atoms with E-state index < -0.39 is 12.8 Å². The molecule has 0 atom stereocenters. The molecule has 0 aliphatic heterocycles. The number of alkyl halides is 3. The van der Waals surface area contributed by atoms with Gasteiger partial charge in [-0.3, -0.25) is 4.79 Å². The molecule has 8 heteroatoms. The second-order valence-corrected chi connectivity index (χ2v) is 5.74. The van der Waals surface area contributed by atoms with E-state index in [2.05, 4.69) is 5.32 Å². The summed E-state index contributed by atoms with van der Waals surface area (Å²) in [6, 6.07) is 12.9. The first-order valence-electron chi connectivity index (χ1n) is 7.81. The van der Waals surface area contributed by atoms with Crippen LogP contribution in [0.15, 0.2) is 48.5 Å². The highest BCUT2D eigenvalue weighted by atomic mass is 35.5. The van der Waals surface area contributed by atoms with Gasteiger partial charge in [-0.15, -0.1) is 0 Å². The number of hydrogen-bond acceptors (Lipinski definition) is 3. The summed E-state index contributed by atoms with van der Waals surface area (Å²) in [5, 5.41) is 3.02. The lowest BCUT2D eigenvalue weighted by Gasteiger charge is -2.14. The van der Waals surface area contributed by atoms with Crippen LogP contribution < -0.4 is 14.8 Å². The number of para-hydroxylation sites is 3. The molecule has 0 saturated carbocycles. The number of carbonyl (C=O) groups excluding carboxylic acids is 1. The average Bonchev–Trinajstić information content (AvgIpc) is 2.59. The normalized spacial score (nSPS) is 11.1. The van der Waals surface area contributed by atoms with Gasteiger partial charge in [-0.25, -0.2) is 0 Å². The van der Waals surface area contributed by atoms with Gasteiger partial charge in [0.05, 0.1) is 17.3 Å². The molecule has 0 unspecified atom stereocenters. The van der Waals surface area contributed by atoms with Crippen molar-refractivity contribution in [3.05, 3.63) is 53.6 Å². The lowest BCUT2D eigenvalue weighted by molar-refractivity contribution is -0.153. The Bertz CT molecular complexity index is 738. The van der Waals surface area contributed by atoms with Crippen LogP contribution in [0.2, 0.25) is 5.02 Å². The van der Waals surface area contributed by atoms with Crippen molar-refractivity contribution in [3.63, 3.8) is 0 Å². The van der Waals surface area contributed by atoms with E-state index in [1.165, 1.54) is 18.2 Å². The highest BCUT2D eigenvalue weighted by molar-refractivity contribution is 6.32. The van der Waals surface area contributed by atoms with Crippen LogP contribution in [0.3, 0.4) is 0 Å². The second kappa shape index (κ2) is 9.33. The summed E-state index contributed by atoms with van der Waals surface area (Å²) >= 11 is 5.95. The summed E-state index contributed by atoms with van der Waals surface area (Å²) < 4.78 is 47.0. The molecule has 0 aliphatic carbocycles. The Kier molecular flexibility index (Phi) is 7.15. The maximum Gasteiger partial charge on any atom is 0.422 e. The Balaban J connectivity index is 1.80. The smallest absolute Gasteiger partial charge is 0.422 e. The highest BCUT2D eigenvalue weighted by Gasteiger charge is 2.28. The Hall–Kier alpha value is -2.41. The van der Waals surface area contributed by atoms with Crippen LogP contribution in [0.5, 0.6) is 11.5 Å². The van der Waals surface area contributed by atoms with Gasteiger partial charge >= 0.3 is 6.18 Å². The molecule has 2 rings (SSSR count). The number of nitrogens with one attached hydrogen (secondary N) is 1. The fourth-order valence-electron chi connectivity index (χ4n) is 2.04. The van der Waals surface area contributed by atoms with E-state index in [-0.39, 0.29) is 30.4 Å². The van der Waals surface area contributed by atoms with Crippen molar-refractivity contribution in [2.45, 2.75) is 19.0 Å². The van der Waals surface area contributed by atoms with E-state index in [0.717, 1.165) is 0 Å². The van der Waals surface area contributed by atoms with Gasteiger partial charge < -0.3 is 14.8 Å². The third kappa shape index (κ3) is 6.84. The number of carbonyl (C=O) groups is 1. The summed E-state index contributed by atoms with van der Waals surface area (Å²) in [5.74, 6) is 0.141. The maximum absolute atomic E-state index is 12.3. The lowest BCUT2D eigenvalue weighted by Crippen LogP contribution is -2.20. The Morgan fingerprint density at radius 1 is 1.00 bits per heavy atom. The molecular formula is C18H17ClF3NO3. The van der Waals surface area contributed by atoms with Crippen molar-refractivity contribution >= 4 is 23.2 Å². The molecule has 1 amide bonds. The minimum atomic E-state index is -4.45. The van der Waals surface area contributed by atoms with Crippen LogP contribution in [0.1, 0.15) is 12.8 Å². The first-order valence-corrected chi connectivity index (χ1v) is 8.19. The zero-order chi connectivity index (χ0) is 19.0. The molecule has 0 aromatic heterocycles. The molecule has 0 bridgehead atoms. The number of ether oxygens (including phenoxy) is 2. The molecule has 140 valence electrons. The van der Waals surface area contributed by atoms with Gasteiger partial charge in [-0.1, -0.05) is 35.9 Å². The SMILES string of the molecule is O=C(CCCOc1ccccc1Cl)Nc1ccccc1OCC(F)(F)F. The number of benzene rings is 2. The molecule has 26 heavy (non-hydrogen) atoms. The van der Waals surface area contributed by atoms with Crippen LogP contribution in [-0.4, -0.2) is 25.3 Å². The summed E-state index contributed by atoms with van der Waals surface area (Å²) in [5.41, 5.74) is 0.189. The molecule has 0 saturated heterocycles. The number of rotatable bonds is 8. The third-order valence-corrected chi connectivity index (χ3v) is 3.51. The van der Waals surface area contributed by atoms with Gasteiger partial charge in [0, 0.05) is 6.42 Å². The van der Waals surface area contributed by atoms with E-state index >= 15 is 0 Å². The molecule has 1 N–H and O–H groups in total. The summed E-state index contributed by atoms with van der Waals surface area (Å²) in [4.78, 5) is 12.0. The molecule has 0 spiro atoms. The van der Waals surface area contributed by atoms with Gasteiger partial charge in [0.2, 0.25) is 5.91 Å². The lowest BCUT2D eigenvalue weighted by atomic mass is 10.2. The fraction of sp³-hybridized carbons (Fsp3) is 0.278. The van der Waals surface area contributed by atoms with E-state index in [4.69, 9.17) is 21.1 Å². The van der Waals surface area contributed by atoms with E-state index in [0.29, 0.717) is 17.2 Å². The molecule has 0 aliphatic rings. The van der Waals surface area contributed by atoms with E-state index in [1.54, 1.807) is 30.3 Å². The van der Waals surface area contributed by atoms with Crippen molar-refractivity contribution < 1.29 is 27.4 Å². The summed E-state index contributed by atoms with van der Waals surface area (Å²) in [6.07, 6.45) is -3.89. The molecule has 0 radical (unpaired) electrons. The van der Waals surface area contributed by atoms with Crippen LogP contribution >= 0.6 is 11.6 Å². The summed E-state index contributed by atoms with van der Waals surface area (Å²) in [6.45, 7) is -1.14. The standard InChI is InChI=1S/C18H17ClF3NO3/c19-13-6-1-3-8-15(13)25-11-5-10-17(24)23-14-7-2-4-9-16(14)26-12-18(20,21)22/h1-4,6-9H,5,10-12H2,(H,23,24). The average molecular weight is 388 g/mol. The van der Waals surface area contributed by atoms with Crippen LogP contribution in [0.25, 0.3) is 0 Å². The van der Waals surface area contributed by atoms with E-state index in [1.807, 2.05) is 0 Å². The molecule has 2 aromatic carbocycles. The van der Waals surface area contributed by atoms with Crippen LogP contribution in [-0.2, 0) is 4.79 Å². The monoisotopic (exact) mass is 387 g/mol. The van der Waals surface area contributed by atoms with Gasteiger partial charge in [0.1, 0.15) is 11.5 Å². The highest BCUT2D eigenvalue weighted by Crippen LogP contribution is 2.27. The molecular weight excluding hydrogens is 371 g/mol. The first kappa shape index (κ1) is 19.9. The predicted molar refractivity (Wildman–Crippen MR) is 92.8 cm³/mol. The van der Waals surface area contributed by atoms with Gasteiger partial charge in [-0.2, -0.15) is 13.2 Å². The van der Waals surface area contributed by atoms with Crippen molar-refractivity contribution in [1.82, 2.24) is 0 Å².